The maximum absolute atomic E-state index is 11.0. The SMILES string of the molecule is CCCOc1c(Br)cc(-c2nc(C)c(C(=O)[O-])s2)cc1OC. The topological polar surface area (TPSA) is 71.5 Å². The fourth-order valence-corrected chi connectivity index (χ4v) is 3.34. The van der Waals surface area contributed by atoms with Gasteiger partial charge in [-0.2, -0.15) is 0 Å². The minimum absolute atomic E-state index is 0.136. The Kier molecular flexibility index (Phi) is 5.42. The molecule has 1 aromatic heterocycles. The summed E-state index contributed by atoms with van der Waals surface area (Å²) in [6.07, 6.45) is 0.887. The number of benzene rings is 1. The third-order valence-corrected chi connectivity index (χ3v) is 4.68. The lowest BCUT2D eigenvalue weighted by Gasteiger charge is -2.13. The zero-order chi connectivity index (χ0) is 16.3. The number of carbonyl (C=O) groups excluding carboxylic acids is 1. The standard InChI is InChI=1S/C15H16BrNO4S/c1-4-5-21-12-10(16)6-9(7-11(12)20-3)14-17-8(2)13(22-14)15(18)19/h6-7H,4-5H2,1-3H3,(H,18,19)/p-1. The van der Waals surface area contributed by atoms with E-state index in [2.05, 4.69) is 20.9 Å². The number of methoxy groups -OCH3 is 1. The number of thiazole rings is 1. The molecule has 0 aliphatic carbocycles. The van der Waals surface area contributed by atoms with Gasteiger partial charge in [0.1, 0.15) is 5.01 Å². The number of hydrogen-bond donors (Lipinski definition) is 0. The molecule has 0 fully saturated rings. The molecular weight excluding hydrogens is 370 g/mol. The predicted molar refractivity (Wildman–Crippen MR) is 86.7 cm³/mol. The largest absolute Gasteiger partial charge is 0.544 e. The van der Waals surface area contributed by atoms with Crippen LogP contribution in [0, 0.1) is 6.92 Å². The van der Waals surface area contributed by atoms with Crippen LogP contribution < -0.4 is 14.6 Å². The van der Waals surface area contributed by atoms with E-state index in [-0.39, 0.29) is 4.88 Å². The van der Waals surface area contributed by atoms with Gasteiger partial charge in [0.05, 0.1) is 34.7 Å². The van der Waals surface area contributed by atoms with E-state index < -0.39 is 5.97 Å². The number of nitrogens with zero attached hydrogens (tertiary/aromatic N) is 1. The van der Waals surface area contributed by atoms with Crippen LogP contribution >= 0.6 is 27.3 Å². The van der Waals surface area contributed by atoms with Gasteiger partial charge in [0.25, 0.3) is 0 Å². The lowest BCUT2D eigenvalue weighted by molar-refractivity contribution is -0.254. The number of halogens is 1. The molecule has 22 heavy (non-hydrogen) atoms. The lowest BCUT2D eigenvalue weighted by atomic mass is 10.2. The quantitative estimate of drug-likeness (QED) is 0.765. The molecule has 0 spiro atoms. The second kappa shape index (κ2) is 7.11. The molecule has 0 aliphatic heterocycles. The van der Waals surface area contributed by atoms with Crippen molar-refractivity contribution >= 4 is 33.2 Å². The highest BCUT2D eigenvalue weighted by Crippen LogP contribution is 2.41. The van der Waals surface area contributed by atoms with Crippen LogP contribution in [0.4, 0.5) is 0 Å². The van der Waals surface area contributed by atoms with Crippen molar-refractivity contribution in [1.82, 2.24) is 4.98 Å². The van der Waals surface area contributed by atoms with Gasteiger partial charge in [-0.3, -0.25) is 0 Å². The molecule has 0 bridgehead atoms. The van der Waals surface area contributed by atoms with Crippen LogP contribution in [0.2, 0.25) is 0 Å². The number of carboxylic acids is 1. The summed E-state index contributed by atoms with van der Waals surface area (Å²) < 4.78 is 11.8. The number of ether oxygens (including phenoxy) is 2. The van der Waals surface area contributed by atoms with Gasteiger partial charge in [-0.25, -0.2) is 4.98 Å². The molecule has 2 rings (SSSR count). The molecule has 2 aromatic rings. The van der Waals surface area contributed by atoms with E-state index in [0.717, 1.165) is 27.8 Å². The molecule has 0 amide bonds. The summed E-state index contributed by atoms with van der Waals surface area (Å²) in [4.78, 5) is 15.5. The van der Waals surface area contributed by atoms with Gasteiger partial charge in [-0.1, -0.05) is 6.92 Å². The molecule has 0 aliphatic rings. The summed E-state index contributed by atoms with van der Waals surface area (Å²) in [7, 11) is 1.56. The van der Waals surface area contributed by atoms with Crippen LogP contribution in [0.25, 0.3) is 10.6 Å². The summed E-state index contributed by atoms with van der Waals surface area (Å²) in [6.45, 7) is 4.25. The van der Waals surface area contributed by atoms with E-state index in [9.17, 15) is 9.90 Å². The Bertz CT molecular complexity index is 699. The Labute approximate surface area is 141 Å². The first-order chi connectivity index (χ1) is 10.5. The van der Waals surface area contributed by atoms with Gasteiger partial charge >= 0.3 is 0 Å². The monoisotopic (exact) mass is 384 g/mol. The second-order valence-electron chi connectivity index (χ2n) is 4.56. The van der Waals surface area contributed by atoms with Crippen molar-refractivity contribution in [1.29, 1.82) is 0 Å². The molecule has 0 saturated carbocycles. The number of carbonyl (C=O) groups is 1. The van der Waals surface area contributed by atoms with E-state index >= 15 is 0 Å². The van der Waals surface area contributed by atoms with Gasteiger partial charge in [0.2, 0.25) is 0 Å². The first kappa shape index (κ1) is 16.8. The normalized spacial score (nSPS) is 10.5. The van der Waals surface area contributed by atoms with E-state index in [4.69, 9.17) is 9.47 Å². The number of rotatable bonds is 6. The average Bonchev–Trinajstić information content (AvgIpc) is 2.87. The van der Waals surface area contributed by atoms with Crippen molar-refractivity contribution in [3.05, 3.63) is 27.2 Å². The molecule has 0 saturated heterocycles. The molecule has 0 atom stereocenters. The van der Waals surface area contributed by atoms with Crippen LogP contribution in [0.15, 0.2) is 16.6 Å². The second-order valence-corrected chi connectivity index (χ2v) is 6.41. The van der Waals surface area contributed by atoms with Crippen LogP contribution in [0.5, 0.6) is 11.5 Å². The number of hydrogen-bond acceptors (Lipinski definition) is 6. The fourth-order valence-electron chi connectivity index (χ4n) is 1.90. The van der Waals surface area contributed by atoms with Gasteiger partial charge in [0.15, 0.2) is 11.5 Å². The van der Waals surface area contributed by atoms with Crippen LogP contribution in [-0.4, -0.2) is 24.7 Å². The minimum atomic E-state index is -1.21. The molecular formula is C15H15BrNO4S-. The summed E-state index contributed by atoms with van der Waals surface area (Å²) in [5.41, 5.74) is 1.20. The zero-order valence-electron chi connectivity index (χ0n) is 12.4. The molecule has 0 unspecified atom stereocenters. The highest BCUT2D eigenvalue weighted by molar-refractivity contribution is 9.10. The maximum Gasteiger partial charge on any atom is 0.175 e. The Morgan fingerprint density at radius 3 is 2.73 bits per heavy atom. The molecule has 0 radical (unpaired) electrons. The van der Waals surface area contributed by atoms with Crippen molar-refractivity contribution in [3.8, 4) is 22.1 Å². The van der Waals surface area contributed by atoms with E-state index in [1.165, 1.54) is 0 Å². The van der Waals surface area contributed by atoms with Gasteiger partial charge in [-0.15, -0.1) is 11.3 Å². The zero-order valence-corrected chi connectivity index (χ0v) is 14.8. The number of aromatic carboxylic acids is 1. The minimum Gasteiger partial charge on any atom is -0.544 e. The highest BCUT2D eigenvalue weighted by atomic mass is 79.9. The highest BCUT2D eigenvalue weighted by Gasteiger charge is 2.16. The first-order valence-corrected chi connectivity index (χ1v) is 8.28. The van der Waals surface area contributed by atoms with Crippen molar-refractivity contribution in [3.63, 3.8) is 0 Å². The Morgan fingerprint density at radius 2 is 2.18 bits per heavy atom. The van der Waals surface area contributed by atoms with Crippen LogP contribution in [0.3, 0.4) is 0 Å². The van der Waals surface area contributed by atoms with Crippen LogP contribution in [-0.2, 0) is 0 Å². The number of aryl methyl sites for hydroxylation is 1. The Hall–Kier alpha value is -1.60. The van der Waals surface area contributed by atoms with Crippen molar-refractivity contribution in [2.45, 2.75) is 20.3 Å². The van der Waals surface area contributed by atoms with Crippen LogP contribution in [0.1, 0.15) is 28.7 Å². The summed E-state index contributed by atoms with van der Waals surface area (Å²) in [6, 6.07) is 3.62. The average molecular weight is 385 g/mol. The fraction of sp³-hybridized carbons (Fsp3) is 0.333. The molecule has 1 aromatic carbocycles. The van der Waals surface area contributed by atoms with E-state index in [1.807, 2.05) is 13.0 Å². The molecule has 1 heterocycles. The summed E-state index contributed by atoms with van der Waals surface area (Å²) in [5, 5.41) is 11.6. The first-order valence-electron chi connectivity index (χ1n) is 6.67. The van der Waals surface area contributed by atoms with E-state index in [1.54, 1.807) is 20.1 Å². The predicted octanol–water partition coefficient (Wildman–Crippen LogP) is 3.04. The molecule has 118 valence electrons. The van der Waals surface area contributed by atoms with E-state index in [0.29, 0.717) is 28.8 Å². The smallest absolute Gasteiger partial charge is 0.175 e. The third kappa shape index (κ3) is 3.41. The Morgan fingerprint density at radius 1 is 1.45 bits per heavy atom. The van der Waals surface area contributed by atoms with Crippen molar-refractivity contribution in [2.24, 2.45) is 0 Å². The number of aromatic nitrogens is 1. The third-order valence-electron chi connectivity index (χ3n) is 2.91. The van der Waals surface area contributed by atoms with Gasteiger partial charge in [-0.05, 0) is 41.4 Å². The van der Waals surface area contributed by atoms with Crippen molar-refractivity contribution in [2.75, 3.05) is 13.7 Å². The van der Waals surface area contributed by atoms with Gasteiger partial charge < -0.3 is 19.4 Å². The number of carboxylic acid groups (broad SMARTS) is 1. The maximum atomic E-state index is 11.0. The summed E-state index contributed by atoms with van der Waals surface area (Å²) in [5.74, 6) is -0.0163. The Balaban J connectivity index is 2.46. The van der Waals surface area contributed by atoms with Gasteiger partial charge in [0, 0.05) is 5.56 Å². The molecule has 0 N–H and O–H groups in total. The summed E-state index contributed by atoms with van der Waals surface area (Å²) >= 11 is 4.55. The van der Waals surface area contributed by atoms with Crippen molar-refractivity contribution < 1.29 is 19.4 Å². The molecule has 7 heteroatoms. The lowest BCUT2D eigenvalue weighted by Crippen LogP contribution is -2.21. The molecule has 5 nitrogen and oxygen atoms in total.